The Morgan fingerprint density at radius 1 is 1.10 bits per heavy atom. The lowest BCUT2D eigenvalue weighted by Gasteiger charge is -2.26. The standard InChI is InChI=1S/C22H27NO6S/c1-14-17(13-18(22(2,3)4)20(24)19(14)21(25)26)15-5-7-16(8-6-15)30(27,28)23-9-11-29-12-10-23/h5-8,13,24H,9-12H2,1-4H3,(H,25,26). The van der Waals surface area contributed by atoms with Crippen LogP contribution in [0.25, 0.3) is 11.1 Å². The molecule has 2 N–H and O–H groups in total. The van der Waals surface area contributed by atoms with E-state index in [1.807, 2.05) is 20.8 Å². The molecule has 7 nitrogen and oxygen atoms in total. The summed E-state index contributed by atoms with van der Waals surface area (Å²) in [6.07, 6.45) is 0. The van der Waals surface area contributed by atoms with Crippen LogP contribution < -0.4 is 0 Å². The Morgan fingerprint density at radius 3 is 2.17 bits per heavy atom. The summed E-state index contributed by atoms with van der Waals surface area (Å²) in [5, 5.41) is 20.2. The number of sulfonamides is 1. The number of phenols is 1. The van der Waals surface area contributed by atoms with Crippen molar-refractivity contribution in [2.24, 2.45) is 0 Å². The molecule has 0 amide bonds. The summed E-state index contributed by atoms with van der Waals surface area (Å²) < 4.78 is 32.3. The number of aromatic carboxylic acids is 1. The van der Waals surface area contributed by atoms with Gasteiger partial charge >= 0.3 is 5.97 Å². The van der Waals surface area contributed by atoms with E-state index in [9.17, 15) is 23.4 Å². The zero-order valence-electron chi connectivity index (χ0n) is 17.6. The molecule has 8 heteroatoms. The molecule has 0 bridgehead atoms. The molecule has 0 saturated carbocycles. The molecule has 162 valence electrons. The smallest absolute Gasteiger partial charge is 0.339 e. The third-order valence-corrected chi connectivity index (χ3v) is 7.27. The third-order valence-electron chi connectivity index (χ3n) is 5.35. The molecule has 1 fully saturated rings. The molecule has 3 rings (SSSR count). The Bertz CT molecular complexity index is 1060. The van der Waals surface area contributed by atoms with Gasteiger partial charge in [-0.3, -0.25) is 0 Å². The Hall–Kier alpha value is -2.42. The molecular formula is C22H27NO6S. The van der Waals surface area contributed by atoms with Crippen molar-refractivity contribution in [1.82, 2.24) is 4.31 Å². The van der Waals surface area contributed by atoms with Gasteiger partial charge < -0.3 is 14.9 Å². The molecule has 0 radical (unpaired) electrons. The van der Waals surface area contributed by atoms with Crippen molar-refractivity contribution in [2.75, 3.05) is 26.3 Å². The molecule has 2 aromatic carbocycles. The summed E-state index contributed by atoms with van der Waals surface area (Å²) in [5.74, 6) is -1.44. The number of carboxylic acid groups (broad SMARTS) is 1. The van der Waals surface area contributed by atoms with Crippen LogP contribution in [0.4, 0.5) is 0 Å². The monoisotopic (exact) mass is 433 g/mol. The molecule has 1 aliphatic rings. The van der Waals surface area contributed by atoms with Crippen molar-refractivity contribution < 1.29 is 28.2 Å². The zero-order valence-corrected chi connectivity index (χ0v) is 18.4. The van der Waals surface area contributed by atoms with Crippen LogP contribution in [-0.4, -0.2) is 55.2 Å². The van der Waals surface area contributed by atoms with E-state index >= 15 is 0 Å². The molecule has 0 unspecified atom stereocenters. The van der Waals surface area contributed by atoms with Gasteiger partial charge in [0.2, 0.25) is 10.0 Å². The Morgan fingerprint density at radius 2 is 1.67 bits per heavy atom. The first-order valence-corrected chi connectivity index (χ1v) is 11.2. The third kappa shape index (κ3) is 4.08. The van der Waals surface area contributed by atoms with E-state index in [-0.39, 0.29) is 16.2 Å². The molecular weight excluding hydrogens is 406 g/mol. The van der Waals surface area contributed by atoms with Gasteiger partial charge in [0.1, 0.15) is 11.3 Å². The maximum Gasteiger partial charge on any atom is 0.339 e. The Labute approximate surface area is 177 Å². The van der Waals surface area contributed by atoms with Crippen molar-refractivity contribution in [3.63, 3.8) is 0 Å². The minimum atomic E-state index is -3.61. The zero-order chi connectivity index (χ0) is 22.3. The highest BCUT2D eigenvalue weighted by molar-refractivity contribution is 7.89. The largest absolute Gasteiger partial charge is 0.507 e. The van der Waals surface area contributed by atoms with Gasteiger partial charge in [-0.15, -0.1) is 0 Å². The van der Waals surface area contributed by atoms with Gasteiger partial charge in [-0.2, -0.15) is 4.31 Å². The molecule has 1 heterocycles. The lowest BCUT2D eigenvalue weighted by Crippen LogP contribution is -2.40. The lowest BCUT2D eigenvalue weighted by atomic mass is 9.81. The van der Waals surface area contributed by atoms with E-state index in [4.69, 9.17) is 4.74 Å². The number of hydrogen-bond donors (Lipinski definition) is 2. The quantitative estimate of drug-likeness (QED) is 0.766. The Balaban J connectivity index is 2.08. The predicted molar refractivity (Wildman–Crippen MR) is 114 cm³/mol. The van der Waals surface area contributed by atoms with E-state index in [2.05, 4.69) is 0 Å². The van der Waals surface area contributed by atoms with Crippen molar-refractivity contribution in [2.45, 2.75) is 38.0 Å². The number of aromatic hydroxyl groups is 1. The topological polar surface area (TPSA) is 104 Å². The number of hydrogen-bond acceptors (Lipinski definition) is 5. The average molecular weight is 434 g/mol. The van der Waals surface area contributed by atoms with Crippen molar-refractivity contribution >= 4 is 16.0 Å². The van der Waals surface area contributed by atoms with E-state index in [0.29, 0.717) is 48.6 Å². The minimum absolute atomic E-state index is 0.137. The van der Waals surface area contributed by atoms with Crippen molar-refractivity contribution in [3.8, 4) is 16.9 Å². The van der Waals surface area contributed by atoms with Crippen LogP contribution >= 0.6 is 0 Å². The van der Waals surface area contributed by atoms with Gasteiger partial charge in [-0.1, -0.05) is 32.9 Å². The number of rotatable bonds is 4. The summed E-state index contributed by atoms with van der Waals surface area (Å²) in [7, 11) is -3.61. The molecule has 0 spiro atoms. The Kier molecular flexibility index (Phi) is 5.95. The fourth-order valence-electron chi connectivity index (χ4n) is 3.64. The fourth-order valence-corrected chi connectivity index (χ4v) is 5.05. The number of nitrogens with zero attached hydrogens (tertiary/aromatic N) is 1. The van der Waals surface area contributed by atoms with Crippen LogP contribution in [0.5, 0.6) is 5.75 Å². The summed E-state index contributed by atoms with van der Waals surface area (Å²) in [6, 6.07) is 8.19. The molecule has 0 aromatic heterocycles. The second-order valence-electron chi connectivity index (χ2n) is 8.42. The highest BCUT2D eigenvalue weighted by atomic mass is 32.2. The first-order valence-electron chi connectivity index (χ1n) is 9.73. The first kappa shape index (κ1) is 22.3. The predicted octanol–water partition coefficient (Wildman–Crippen LogP) is 3.38. The number of morpholine rings is 1. The van der Waals surface area contributed by atoms with Crippen LogP contribution in [0.1, 0.15) is 42.3 Å². The van der Waals surface area contributed by atoms with Crippen LogP contribution in [0.15, 0.2) is 35.2 Å². The van der Waals surface area contributed by atoms with Gasteiger partial charge in [-0.05, 0) is 47.2 Å². The minimum Gasteiger partial charge on any atom is -0.507 e. The fraction of sp³-hybridized carbons (Fsp3) is 0.409. The average Bonchev–Trinajstić information content (AvgIpc) is 2.67. The molecule has 0 atom stereocenters. The van der Waals surface area contributed by atoms with Crippen LogP contribution in [0, 0.1) is 6.92 Å². The van der Waals surface area contributed by atoms with Gasteiger partial charge in [0.25, 0.3) is 0 Å². The van der Waals surface area contributed by atoms with Gasteiger partial charge in [0.05, 0.1) is 18.1 Å². The summed E-state index contributed by atoms with van der Waals surface area (Å²) in [5.41, 5.74) is 1.66. The van der Waals surface area contributed by atoms with Crippen LogP contribution in [0.2, 0.25) is 0 Å². The molecule has 1 aliphatic heterocycles. The summed E-state index contributed by atoms with van der Waals surface area (Å²) in [6.45, 7) is 8.70. The molecule has 30 heavy (non-hydrogen) atoms. The second kappa shape index (κ2) is 8.02. The molecule has 2 aromatic rings. The SMILES string of the molecule is Cc1c(-c2ccc(S(=O)(=O)N3CCOCC3)cc2)cc(C(C)(C)C)c(O)c1C(=O)O. The number of benzene rings is 2. The van der Waals surface area contributed by atoms with E-state index in [0.717, 1.165) is 0 Å². The van der Waals surface area contributed by atoms with Gasteiger partial charge in [0, 0.05) is 18.7 Å². The maximum atomic E-state index is 12.8. The normalized spacial score (nSPS) is 15.9. The number of carbonyl (C=O) groups is 1. The van der Waals surface area contributed by atoms with Gasteiger partial charge in [-0.25, -0.2) is 13.2 Å². The van der Waals surface area contributed by atoms with Crippen LogP contribution in [0.3, 0.4) is 0 Å². The summed E-state index contributed by atoms with van der Waals surface area (Å²) >= 11 is 0. The lowest BCUT2D eigenvalue weighted by molar-refractivity contribution is 0.0692. The number of carboxylic acids is 1. The summed E-state index contributed by atoms with van der Waals surface area (Å²) in [4.78, 5) is 12.0. The highest BCUT2D eigenvalue weighted by Gasteiger charge is 2.28. The maximum absolute atomic E-state index is 12.8. The molecule has 1 saturated heterocycles. The van der Waals surface area contributed by atoms with Crippen molar-refractivity contribution in [1.29, 1.82) is 0 Å². The molecule has 0 aliphatic carbocycles. The van der Waals surface area contributed by atoms with E-state index < -0.39 is 21.4 Å². The van der Waals surface area contributed by atoms with Gasteiger partial charge in [0.15, 0.2) is 0 Å². The highest BCUT2D eigenvalue weighted by Crippen LogP contribution is 2.40. The first-order chi connectivity index (χ1) is 13.9. The van der Waals surface area contributed by atoms with E-state index in [1.165, 1.54) is 16.4 Å². The van der Waals surface area contributed by atoms with E-state index in [1.54, 1.807) is 25.1 Å². The van der Waals surface area contributed by atoms with Crippen LogP contribution in [-0.2, 0) is 20.2 Å². The second-order valence-corrected chi connectivity index (χ2v) is 10.4. The number of ether oxygens (including phenoxy) is 1. The van der Waals surface area contributed by atoms with Crippen molar-refractivity contribution in [3.05, 3.63) is 47.0 Å².